The average Bonchev–Trinajstić information content (AvgIpc) is 3.28. The summed E-state index contributed by atoms with van der Waals surface area (Å²) in [6.07, 6.45) is 1.64. The van der Waals surface area contributed by atoms with E-state index >= 15 is 0 Å². The van der Waals surface area contributed by atoms with Crippen LogP contribution >= 0.6 is 0 Å². The van der Waals surface area contributed by atoms with Gasteiger partial charge in [-0.15, -0.1) is 0 Å². The maximum atomic E-state index is 12.2. The number of aryl methyl sites for hydroxylation is 2. The number of likely N-dealkylation sites (tertiary alicyclic amines) is 1. The normalized spacial score (nSPS) is 16.1. The third-order valence-electron chi connectivity index (χ3n) is 4.40. The van der Waals surface area contributed by atoms with Crippen molar-refractivity contribution in [1.82, 2.24) is 15.8 Å². The van der Waals surface area contributed by atoms with Crippen LogP contribution in [0.5, 0.6) is 5.75 Å². The zero-order valence-corrected chi connectivity index (χ0v) is 15.9. The molecule has 0 aliphatic carbocycles. The molecule has 1 unspecified atom stereocenters. The molecule has 3 amide bonds. The van der Waals surface area contributed by atoms with Gasteiger partial charge in [-0.05, 0) is 49.2 Å². The number of carbonyl (C=O) groups is 3. The minimum absolute atomic E-state index is 0.0987. The number of hydrogen-bond acceptors (Lipinski definition) is 5. The van der Waals surface area contributed by atoms with Crippen LogP contribution in [0.3, 0.4) is 0 Å². The second-order valence-corrected chi connectivity index (χ2v) is 6.90. The fraction of sp³-hybridized carbons (Fsp3) is 0.350. The molecular weight excluding hydrogens is 362 g/mol. The first kappa shape index (κ1) is 19.5. The largest absolute Gasteiger partial charge is 0.484 e. The van der Waals surface area contributed by atoms with Crippen LogP contribution in [0.15, 0.2) is 41.0 Å². The number of furan rings is 1. The van der Waals surface area contributed by atoms with Crippen LogP contribution in [0, 0.1) is 19.8 Å². The third kappa shape index (κ3) is 5.12. The van der Waals surface area contributed by atoms with Gasteiger partial charge in [0.1, 0.15) is 11.5 Å². The average molecular weight is 385 g/mol. The Hall–Kier alpha value is -3.29. The van der Waals surface area contributed by atoms with Crippen LogP contribution in [0.1, 0.15) is 23.3 Å². The van der Waals surface area contributed by atoms with Gasteiger partial charge in [0.2, 0.25) is 11.8 Å². The molecule has 8 heteroatoms. The third-order valence-corrected chi connectivity index (χ3v) is 4.40. The van der Waals surface area contributed by atoms with Gasteiger partial charge in [-0.1, -0.05) is 6.07 Å². The lowest BCUT2D eigenvalue weighted by Crippen LogP contribution is -2.46. The Morgan fingerprint density at radius 1 is 1.21 bits per heavy atom. The molecule has 0 bridgehead atoms. The van der Waals surface area contributed by atoms with Crippen molar-refractivity contribution in [1.29, 1.82) is 0 Å². The van der Waals surface area contributed by atoms with Gasteiger partial charge in [0, 0.05) is 13.0 Å². The van der Waals surface area contributed by atoms with Gasteiger partial charge >= 0.3 is 0 Å². The highest BCUT2D eigenvalue weighted by molar-refractivity contribution is 5.90. The lowest BCUT2D eigenvalue weighted by atomic mass is 10.1. The smallest absolute Gasteiger partial charge is 0.276 e. The maximum absolute atomic E-state index is 12.2. The van der Waals surface area contributed by atoms with Crippen molar-refractivity contribution in [2.24, 2.45) is 5.92 Å². The van der Waals surface area contributed by atoms with E-state index in [1.165, 1.54) is 6.26 Å². The van der Waals surface area contributed by atoms with Crippen LogP contribution in [-0.4, -0.2) is 35.8 Å². The first-order valence-electron chi connectivity index (χ1n) is 9.00. The van der Waals surface area contributed by atoms with Crippen LogP contribution in [-0.2, 0) is 20.9 Å². The molecule has 0 spiro atoms. The Morgan fingerprint density at radius 3 is 2.64 bits per heavy atom. The van der Waals surface area contributed by atoms with E-state index < -0.39 is 17.7 Å². The second-order valence-electron chi connectivity index (χ2n) is 6.90. The van der Waals surface area contributed by atoms with Gasteiger partial charge in [-0.25, -0.2) is 0 Å². The van der Waals surface area contributed by atoms with Crippen LogP contribution in [0.4, 0.5) is 0 Å². The predicted octanol–water partition coefficient (Wildman–Crippen LogP) is 1.47. The fourth-order valence-electron chi connectivity index (χ4n) is 3.13. The van der Waals surface area contributed by atoms with E-state index in [4.69, 9.17) is 9.15 Å². The first-order chi connectivity index (χ1) is 13.4. The van der Waals surface area contributed by atoms with Crippen molar-refractivity contribution in [3.05, 3.63) is 53.5 Å². The number of benzene rings is 1. The number of rotatable bonds is 6. The summed E-state index contributed by atoms with van der Waals surface area (Å²) in [6, 6.07) is 9.19. The van der Waals surface area contributed by atoms with Gasteiger partial charge < -0.3 is 14.1 Å². The summed E-state index contributed by atoms with van der Waals surface area (Å²) in [5.74, 6) is -0.288. The van der Waals surface area contributed by atoms with Crippen LogP contribution < -0.4 is 15.6 Å². The summed E-state index contributed by atoms with van der Waals surface area (Å²) >= 11 is 0. The van der Waals surface area contributed by atoms with Crippen molar-refractivity contribution in [3.63, 3.8) is 0 Å². The summed E-state index contributed by atoms with van der Waals surface area (Å²) < 4.78 is 10.7. The quantitative estimate of drug-likeness (QED) is 0.734. The summed E-state index contributed by atoms with van der Waals surface area (Å²) in [6.45, 7) is 4.26. The first-order valence-corrected chi connectivity index (χ1v) is 9.00. The maximum Gasteiger partial charge on any atom is 0.276 e. The number of nitrogens with zero attached hydrogens (tertiary/aromatic N) is 1. The highest BCUT2D eigenvalue weighted by atomic mass is 16.5. The van der Waals surface area contributed by atoms with Crippen molar-refractivity contribution in [3.8, 4) is 5.75 Å². The molecular formula is C20H23N3O5. The fourth-order valence-corrected chi connectivity index (χ4v) is 3.13. The Balaban J connectivity index is 1.42. The molecule has 148 valence electrons. The minimum Gasteiger partial charge on any atom is -0.484 e. The van der Waals surface area contributed by atoms with Gasteiger partial charge in [0.05, 0.1) is 18.7 Å². The zero-order valence-electron chi connectivity index (χ0n) is 15.9. The summed E-state index contributed by atoms with van der Waals surface area (Å²) in [5, 5.41) is 0. The van der Waals surface area contributed by atoms with E-state index in [0.717, 1.165) is 11.1 Å². The molecule has 1 saturated heterocycles. The number of amides is 3. The molecule has 2 aromatic rings. The summed E-state index contributed by atoms with van der Waals surface area (Å²) in [4.78, 5) is 37.8. The Bertz CT molecular complexity index is 842. The molecule has 1 aromatic heterocycles. The Labute approximate surface area is 162 Å². The van der Waals surface area contributed by atoms with Crippen LogP contribution in [0.2, 0.25) is 0 Å². The topological polar surface area (TPSA) is 101 Å². The lowest BCUT2D eigenvalue weighted by molar-refractivity contribution is -0.132. The van der Waals surface area contributed by atoms with Gasteiger partial charge in [-0.3, -0.25) is 25.2 Å². The molecule has 0 saturated carbocycles. The van der Waals surface area contributed by atoms with E-state index in [1.54, 1.807) is 17.0 Å². The summed E-state index contributed by atoms with van der Waals surface area (Å²) in [7, 11) is 0. The molecule has 8 nitrogen and oxygen atoms in total. The number of hydrogen-bond donors (Lipinski definition) is 2. The van der Waals surface area contributed by atoms with Crippen LogP contribution in [0.25, 0.3) is 0 Å². The molecule has 1 aliphatic heterocycles. The monoisotopic (exact) mass is 385 g/mol. The van der Waals surface area contributed by atoms with E-state index in [9.17, 15) is 14.4 Å². The van der Waals surface area contributed by atoms with E-state index in [1.807, 2.05) is 32.0 Å². The van der Waals surface area contributed by atoms with Gasteiger partial charge in [0.25, 0.3) is 5.91 Å². The Morgan fingerprint density at radius 2 is 1.96 bits per heavy atom. The predicted molar refractivity (Wildman–Crippen MR) is 99.9 cm³/mol. The standard InChI is InChI=1S/C20H23N3O5/c1-13-6-14(2)8-17(7-13)28-12-18(24)21-22-20(26)15-9-19(25)23(10-15)11-16-4-3-5-27-16/h3-8,15H,9-12H2,1-2H3,(H,21,24)(H,22,26). The number of hydrazine groups is 1. The van der Waals surface area contributed by atoms with Gasteiger partial charge in [0.15, 0.2) is 6.61 Å². The van der Waals surface area contributed by atoms with Crippen molar-refractivity contribution in [2.75, 3.05) is 13.2 Å². The molecule has 2 N–H and O–H groups in total. The number of nitrogens with one attached hydrogen (secondary N) is 2. The number of carbonyl (C=O) groups excluding carboxylic acids is 3. The molecule has 1 aromatic carbocycles. The van der Waals surface area contributed by atoms with E-state index in [0.29, 0.717) is 18.1 Å². The molecule has 2 heterocycles. The number of ether oxygens (including phenoxy) is 1. The van der Waals surface area contributed by atoms with Crippen molar-refractivity contribution in [2.45, 2.75) is 26.8 Å². The molecule has 0 radical (unpaired) electrons. The molecule has 1 atom stereocenters. The highest BCUT2D eigenvalue weighted by Crippen LogP contribution is 2.20. The van der Waals surface area contributed by atoms with Gasteiger partial charge in [-0.2, -0.15) is 0 Å². The highest BCUT2D eigenvalue weighted by Gasteiger charge is 2.34. The van der Waals surface area contributed by atoms with Crippen molar-refractivity contribution < 1.29 is 23.5 Å². The Kier molecular flexibility index (Phi) is 5.98. The van der Waals surface area contributed by atoms with Crippen molar-refractivity contribution >= 4 is 17.7 Å². The zero-order chi connectivity index (χ0) is 20.1. The molecule has 1 fully saturated rings. The summed E-state index contributed by atoms with van der Waals surface area (Å²) in [5.41, 5.74) is 6.76. The van der Waals surface area contributed by atoms with E-state index in [2.05, 4.69) is 10.9 Å². The molecule has 3 rings (SSSR count). The second kappa shape index (κ2) is 8.60. The molecule has 28 heavy (non-hydrogen) atoms. The molecule has 1 aliphatic rings. The minimum atomic E-state index is -0.525. The SMILES string of the molecule is Cc1cc(C)cc(OCC(=O)NNC(=O)C2CC(=O)N(Cc3ccco3)C2)c1. The van der Waals surface area contributed by atoms with E-state index in [-0.39, 0.29) is 25.5 Å². The lowest BCUT2D eigenvalue weighted by Gasteiger charge is -2.15.